The molecule has 0 bridgehead atoms. The van der Waals surface area contributed by atoms with Crippen LogP contribution in [0.5, 0.6) is 5.75 Å². The van der Waals surface area contributed by atoms with Crippen molar-refractivity contribution in [3.8, 4) is 11.4 Å². The van der Waals surface area contributed by atoms with E-state index in [2.05, 4.69) is 41.5 Å². The third kappa shape index (κ3) is 3.22. The first-order valence-corrected chi connectivity index (χ1v) is 8.29. The van der Waals surface area contributed by atoms with Crippen molar-refractivity contribution in [2.75, 3.05) is 7.11 Å². The highest BCUT2D eigenvalue weighted by Gasteiger charge is 2.13. The Balaban J connectivity index is 1.88. The summed E-state index contributed by atoms with van der Waals surface area (Å²) < 4.78 is 7.22. The number of ether oxygens (including phenoxy) is 1. The number of benzene rings is 2. The Morgan fingerprint density at radius 1 is 1.04 bits per heavy atom. The van der Waals surface area contributed by atoms with E-state index in [1.807, 2.05) is 35.0 Å². The van der Waals surface area contributed by atoms with Crippen LogP contribution in [0, 0.1) is 13.8 Å². The molecule has 0 atom stereocenters. The van der Waals surface area contributed by atoms with Crippen molar-refractivity contribution < 1.29 is 4.74 Å². The number of methoxy groups -OCH3 is 1. The minimum Gasteiger partial charge on any atom is -0.496 e. The van der Waals surface area contributed by atoms with E-state index in [1.54, 1.807) is 18.9 Å². The van der Waals surface area contributed by atoms with Crippen LogP contribution in [0.2, 0.25) is 0 Å². The lowest BCUT2D eigenvalue weighted by atomic mass is 10.1. The van der Waals surface area contributed by atoms with E-state index in [1.165, 1.54) is 0 Å². The number of aromatic nitrogens is 4. The zero-order valence-electron chi connectivity index (χ0n) is 13.4. The predicted molar refractivity (Wildman–Crippen MR) is 91.2 cm³/mol. The van der Waals surface area contributed by atoms with Gasteiger partial charge in [-0.1, -0.05) is 30.3 Å². The molecule has 1 aromatic heterocycles. The van der Waals surface area contributed by atoms with Gasteiger partial charge in [0.05, 0.1) is 18.6 Å². The van der Waals surface area contributed by atoms with Gasteiger partial charge in [-0.3, -0.25) is 0 Å². The van der Waals surface area contributed by atoms with Crippen LogP contribution < -0.4 is 4.74 Å². The van der Waals surface area contributed by atoms with Gasteiger partial charge in [0.25, 0.3) is 0 Å². The monoisotopic (exact) mass is 326 g/mol. The van der Waals surface area contributed by atoms with Crippen molar-refractivity contribution in [3.05, 3.63) is 59.4 Å². The molecule has 0 aliphatic carbocycles. The summed E-state index contributed by atoms with van der Waals surface area (Å²) in [5.41, 5.74) is 3.36. The van der Waals surface area contributed by atoms with Crippen LogP contribution in [0.1, 0.15) is 17.0 Å². The minimum absolute atomic E-state index is 0.668. The number of para-hydroxylation sites is 2. The van der Waals surface area contributed by atoms with Crippen molar-refractivity contribution in [2.24, 2.45) is 0 Å². The van der Waals surface area contributed by atoms with E-state index in [0.717, 1.165) is 33.3 Å². The summed E-state index contributed by atoms with van der Waals surface area (Å²) in [4.78, 5) is 1.08. The summed E-state index contributed by atoms with van der Waals surface area (Å²) in [6.45, 7) is 4.14. The van der Waals surface area contributed by atoms with Crippen LogP contribution in [-0.2, 0) is 5.75 Å². The number of tetrazole rings is 1. The molecule has 3 aromatic rings. The molecule has 5 nitrogen and oxygen atoms in total. The molecule has 1 heterocycles. The molecule has 0 amide bonds. The van der Waals surface area contributed by atoms with E-state index in [9.17, 15) is 0 Å². The maximum atomic E-state index is 5.39. The molecule has 0 fully saturated rings. The van der Waals surface area contributed by atoms with E-state index < -0.39 is 0 Å². The Kier molecular flexibility index (Phi) is 4.62. The standard InChI is InChI=1S/C17H18N4OS/c1-12-7-6-8-13(2)17(12)21-16(18-19-20-21)11-23-15-10-5-4-9-14(15)22-3/h4-10H,11H2,1-3H3. The smallest absolute Gasteiger partial charge is 0.166 e. The Morgan fingerprint density at radius 2 is 1.78 bits per heavy atom. The molecular formula is C17H18N4OS. The molecule has 0 saturated heterocycles. The largest absolute Gasteiger partial charge is 0.496 e. The summed E-state index contributed by atoms with van der Waals surface area (Å²) in [7, 11) is 1.68. The average Bonchev–Trinajstić information content (AvgIpc) is 3.01. The Bertz CT molecular complexity index is 796. The van der Waals surface area contributed by atoms with Gasteiger partial charge in [-0.2, -0.15) is 4.68 Å². The number of rotatable bonds is 5. The first-order valence-electron chi connectivity index (χ1n) is 7.30. The molecule has 0 radical (unpaired) electrons. The molecule has 23 heavy (non-hydrogen) atoms. The molecule has 0 saturated carbocycles. The maximum absolute atomic E-state index is 5.39. The molecule has 0 aliphatic rings. The zero-order chi connectivity index (χ0) is 16.2. The van der Waals surface area contributed by atoms with Gasteiger partial charge < -0.3 is 4.74 Å². The first kappa shape index (κ1) is 15.6. The van der Waals surface area contributed by atoms with Gasteiger partial charge >= 0.3 is 0 Å². The number of hydrogen-bond donors (Lipinski definition) is 0. The van der Waals surface area contributed by atoms with Crippen molar-refractivity contribution in [2.45, 2.75) is 24.5 Å². The van der Waals surface area contributed by atoms with E-state index in [-0.39, 0.29) is 0 Å². The Morgan fingerprint density at radius 3 is 2.52 bits per heavy atom. The summed E-state index contributed by atoms with van der Waals surface area (Å²) in [6.07, 6.45) is 0. The molecular weight excluding hydrogens is 308 g/mol. The van der Waals surface area contributed by atoms with Crippen LogP contribution in [0.3, 0.4) is 0 Å². The van der Waals surface area contributed by atoms with Gasteiger partial charge in [-0.25, -0.2) is 0 Å². The van der Waals surface area contributed by atoms with Crippen LogP contribution >= 0.6 is 11.8 Å². The molecule has 118 valence electrons. The second-order valence-corrected chi connectivity index (χ2v) is 6.20. The Labute approximate surface area is 139 Å². The number of hydrogen-bond acceptors (Lipinski definition) is 5. The van der Waals surface area contributed by atoms with Crippen molar-refractivity contribution in [3.63, 3.8) is 0 Å². The second kappa shape index (κ2) is 6.83. The maximum Gasteiger partial charge on any atom is 0.166 e. The van der Waals surface area contributed by atoms with Gasteiger partial charge in [-0.15, -0.1) is 16.9 Å². The van der Waals surface area contributed by atoms with Crippen LogP contribution in [0.4, 0.5) is 0 Å². The highest BCUT2D eigenvalue weighted by Crippen LogP contribution is 2.31. The molecule has 2 aromatic carbocycles. The van der Waals surface area contributed by atoms with Gasteiger partial charge in [0.2, 0.25) is 0 Å². The van der Waals surface area contributed by atoms with E-state index >= 15 is 0 Å². The molecule has 0 N–H and O–H groups in total. The zero-order valence-corrected chi connectivity index (χ0v) is 14.2. The molecule has 3 rings (SSSR count). The lowest BCUT2D eigenvalue weighted by Crippen LogP contribution is -2.06. The number of aryl methyl sites for hydroxylation is 2. The SMILES string of the molecule is COc1ccccc1SCc1nnnn1-c1c(C)cccc1C. The topological polar surface area (TPSA) is 52.8 Å². The van der Waals surface area contributed by atoms with E-state index in [0.29, 0.717) is 5.75 Å². The third-order valence-electron chi connectivity index (χ3n) is 3.61. The van der Waals surface area contributed by atoms with Gasteiger partial charge in [0.1, 0.15) is 5.75 Å². The van der Waals surface area contributed by atoms with Crippen molar-refractivity contribution >= 4 is 11.8 Å². The fourth-order valence-electron chi connectivity index (χ4n) is 2.49. The minimum atomic E-state index is 0.668. The lowest BCUT2D eigenvalue weighted by Gasteiger charge is -2.11. The molecule has 0 unspecified atom stereocenters. The van der Waals surface area contributed by atoms with Gasteiger partial charge in [0, 0.05) is 4.90 Å². The highest BCUT2D eigenvalue weighted by molar-refractivity contribution is 7.98. The highest BCUT2D eigenvalue weighted by atomic mass is 32.2. The van der Waals surface area contributed by atoms with Crippen molar-refractivity contribution in [1.29, 1.82) is 0 Å². The predicted octanol–water partition coefficient (Wildman–Crippen LogP) is 3.58. The Hall–Kier alpha value is -2.34. The number of nitrogens with zero attached hydrogens (tertiary/aromatic N) is 4. The normalized spacial score (nSPS) is 10.7. The van der Waals surface area contributed by atoms with Crippen LogP contribution in [0.15, 0.2) is 47.4 Å². The lowest BCUT2D eigenvalue weighted by molar-refractivity contribution is 0.405. The summed E-state index contributed by atoms with van der Waals surface area (Å²) in [6, 6.07) is 14.1. The third-order valence-corrected chi connectivity index (χ3v) is 4.66. The molecule has 0 aliphatic heterocycles. The van der Waals surface area contributed by atoms with Crippen molar-refractivity contribution in [1.82, 2.24) is 20.2 Å². The van der Waals surface area contributed by atoms with Crippen LogP contribution in [0.25, 0.3) is 5.69 Å². The molecule has 6 heteroatoms. The van der Waals surface area contributed by atoms with Gasteiger partial charge in [0.15, 0.2) is 5.82 Å². The fourth-order valence-corrected chi connectivity index (χ4v) is 3.42. The van der Waals surface area contributed by atoms with Gasteiger partial charge in [-0.05, 0) is 47.5 Å². The van der Waals surface area contributed by atoms with E-state index in [4.69, 9.17) is 4.74 Å². The molecule has 0 spiro atoms. The summed E-state index contributed by atoms with van der Waals surface area (Å²) in [5, 5.41) is 12.2. The second-order valence-electron chi connectivity index (χ2n) is 5.19. The summed E-state index contributed by atoms with van der Waals surface area (Å²) >= 11 is 1.66. The summed E-state index contributed by atoms with van der Waals surface area (Å²) in [5.74, 6) is 2.35. The van der Waals surface area contributed by atoms with Crippen LogP contribution in [-0.4, -0.2) is 27.3 Å². The quantitative estimate of drug-likeness (QED) is 0.671. The first-order chi connectivity index (χ1) is 11.2. The fraction of sp³-hybridized carbons (Fsp3) is 0.235. The number of thioether (sulfide) groups is 1. The average molecular weight is 326 g/mol.